The molecule has 1 amide bonds. The number of aliphatic hydroxyl groups is 1. The Kier molecular flexibility index (Phi) is 4.99. The van der Waals surface area contributed by atoms with Crippen LogP contribution in [0.15, 0.2) is 30.3 Å². The minimum Gasteiger partial charge on any atom is -0.497 e. The average Bonchev–Trinajstić information content (AvgIpc) is 2.52. The topological polar surface area (TPSA) is 49.8 Å². The van der Waals surface area contributed by atoms with Gasteiger partial charge in [0.25, 0.3) is 0 Å². The summed E-state index contributed by atoms with van der Waals surface area (Å²) in [6.45, 7) is -0.255. The van der Waals surface area contributed by atoms with Gasteiger partial charge in [-0.2, -0.15) is 13.2 Å². The van der Waals surface area contributed by atoms with Crippen molar-refractivity contribution in [2.45, 2.75) is 24.6 Å². The Bertz CT molecular complexity index is 590. The van der Waals surface area contributed by atoms with Crippen LogP contribution in [-0.2, 0) is 4.79 Å². The third kappa shape index (κ3) is 4.04. The molecule has 4 nitrogen and oxygen atoms in total. The number of halogens is 3. The zero-order chi connectivity index (χ0) is 17.1. The predicted octanol–water partition coefficient (Wildman–Crippen LogP) is 2.62. The number of likely N-dealkylation sites (tertiary alicyclic amines) is 1. The zero-order valence-corrected chi connectivity index (χ0v) is 12.6. The molecule has 1 heterocycles. The van der Waals surface area contributed by atoms with E-state index in [2.05, 4.69) is 0 Å². The molecule has 1 fully saturated rings. The van der Waals surface area contributed by atoms with Crippen LogP contribution < -0.4 is 4.74 Å². The van der Waals surface area contributed by atoms with Crippen molar-refractivity contribution in [2.75, 3.05) is 20.2 Å². The minimum atomic E-state index is -4.67. The van der Waals surface area contributed by atoms with Crippen LogP contribution in [0.4, 0.5) is 13.2 Å². The van der Waals surface area contributed by atoms with Gasteiger partial charge in [-0.15, -0.1) is 0 Å². The maximum absolute atomic E-state index is 12.7. The van der Waals surface area contributed by atoms with Crippen LogP contribution in [0.3, 0.4) is 0 Å². The van der Waals surface area contributed by atoms with Crippen molar-refractivity contribution in [3.63, 3.8) is 0 Å². The van der Waals surface area contributed by atoms with Gasteiger partial charge >= 0.3 is 6.18 Å². The summed E-state index contributed by atoms with van der Waals surface area (Å²) < 4.78 is 43.2. The SMILES string of the molecule is COc1cccc(/C=C/C(=O)N2CCC(O)(C(F)(F)F)CC2)c1. The van der Waals surface area contributed by atoms with Crippen LogP contribution in [0.25, 0.3) is 6.08 Å². The number of hydrogen-bond acceptors (Lipinski definition) is 3. The molecule has 0 atom stereocenters. The Balaban J connectivity index is 1.96. The number of carbonyl (C=O) groups excluding carboxylic acids is 1. The van der Waals surface area contributed by atoms with Crippen molar-refractivity contribution >= 4 is 12.0 Å². The Labute approximate surface area is 132 Å². The molecule has 2 rings (SSSR count). The van der Waals surface area contributed by atoms with Gasteiger partial charge in [0.2, 0.25) is 5.91 Å². The third-order valence-corrected chi connectivity index (χ3v) is 3.94. The molecule has 23 heavy (non-hydrogen) atoms. The average molecular weight is 329 g/mol. The summed E-state index contributed by atoms with van der Waals surface area (Å²) in [6.07, 6.45) is -2.79. The molecule has 1 aliphatic rings. The predicted molar refractivity (Wildman–Crippen MR) is 78.8 cm³/mol. The monoisotopic (exact) mass is 329 g/mol. The maximum Gasteiger partial charge on any atom is 0.417 e. The van der Waals surface area contributed by atoms with Gasteiger partial charge in [-0.1, -0.05) is 12.1 Å². The number of ether oxygens (including phenoxy) is 1. The van der Waals surface area contributed by atoms with Crippen molar-refractivity contribution in [3.8, 4) is 5.75 Å². The Morgan fingerprint density at radius 2 is 2.00 bits per heavy atom. The first kappa shape index (κ1) is 17.3. The van der Waals surface area contributed by atoms with Crippen molar-refractivity contribution in [1.29, 1.82) is 0 Å². The second-order valence-electron chi connectivity index (χ2n) is 5.46. The fourth-order valence-corrected chi connectivity index (χ4v) is 2.40. The molecule has 1 saturated heterocycles. The standard InChI is InChI=1S/C16H18F3NO3/c1-23-13-4-2-3-12(11-13)5-6-14(21)20-9-7-15(22,8-10-20)16(17,18)19/h2-6,11,22H,7-10H2,1H3/b6-5+. The summed E-state index contributed by atoms with van der Waals surface area (Å²) in [5.74, 6) is 0.268. The van der Waals surface area contributed by atoms with E-state index in [1.165, 1.54) is 18.1 Å². The fraction of sp³-hybridized carbons (Fsp3) is 0.438. The van der Waals surface area contributed by atoms with Gasteiger partial charge in [0.1, 0.15) is 5.75 Å². The quantitative estimate of drug-likeness (QED) is 0.868. The highest BCUT2D eigenvalue weighted by Gasteiger charge is 2.54. The molecule has 126 valence electrons. The van der Waals surface area contributed by atoms with E-state index < -0.39 is 24.6 Å². The molecule has 0 spiro atoms. The first-order valence-corrected chi connectivity index (χ1v) is 7.15. The number of benzene rings is 1. The van der Waals surface area contributed by atoms with Crippen molar-refractivity contribution < 1.29 is 27.8 Å². The van der Waals surface area contributed by atoms with E-state index in [4.69, 9.17) is 4.74 Å². The number of methoxy groups -OCH3 is 1. The number of hydrogen-bond donors (Lipinski definition) is 1. The maximum atomic E-state index is 12.7. The summed E-state index contributed by atoms with van der Waals surface area (Å²) in [6, 6.07) is 7.06. The van der Waals surface area contributed by atoms with E-state index >= 15 is 0 Å². The molecule has 7 heteroatoms. The largest absolute Gasteiger partial charge is 0.497 e. The molecular weight excluding hydrogens is 311 g/mol. The number of carbonyl (C=O) groups is 1. The Hall–Kier alpha value is -2.02. The summed E-state index contributed by atoms with van der Waals surface area (Å²) in [5, 5.41) is 9.58. The van der Waals surface area contributed by atoms with Gasteiger partial charge in [0.05, 0.1) is 7.11 Å². The summed E-state index contributed by atoms with van der Waals surface area (Å²) in [4.78, 5) is 13.3. The molecule has 0 unspecified atom stereocenters. The molecule has 0 aromatic heterocycles. The minimum absolute atomic E-state index is 0.128. The van der Waals surface area contributed by atoms with E-state index in [-0.39, 0.29) is 19.0 Å². The molecular formula is C16H18F3NO3. The number of amides is 1. The van der Waals surface area contributed by atoms with Gasteiger partial charge in [0, 0.05) is 32.0 Å². The highest BCUT2D eigenvalue weighted by molar-refractivity contribution is 5.91. The van der Waals surface area contributed by atoms with Crippen LogP contribution in [0.1, 0.15) is 18.4 Å². The van der Waals surface area contributed by atoms with Gasteiger partial charge in [0.15, 0.2) is 5.60 Å². The first-order chi connectivity index (χ1) is 10.7. The summed E-state index contributed by atoms with van der Waals surface area (Å²) >= 11 is 0. The second kappa shape index (κ2) is 6.62. The lowest BCUT2D eigenvalue weighted by atomic mass is 9.91. The van der Waals surface area contributed by atoms with Crippen LogP contribution in [0, 0.1) is 0 Å². The Morgan fingerprint density at radius 3 is 2.57 bits per heavy atom. The number of rotatable bonds is 3. The van der Waals surface area contributed by atoms with Crippen LogP contribution in [-0.4, -0.2) is 47.9 Å². The lowest BCUT2D eigenvalue weighted by molar-refractivity contribution is -0.271. The van der Waals surface area contributed by atoms with E-state index in [9.17, 15) is 23.1 Å². The molecule has 0 aliphatic carbocycles. The molecule has 0 radical (unpaired) electrons. The third-order valence-electron chi connectivity index (χ3n) is 3.94. The number of nitrogens with zero attached hydrogens (tertiary/aromatic N) is 1. The van der Waals surface area contributed by atoms with Crippen LogP contribution in [0.5, 0.6) is 5.75 Å². The number of piperidine rings is 1. The smallest absolute Gasteiger partial charge is 0.417 e. The first-order valence-electron chi connectivity index (χ1n) is 7.15. The number of alkyl halides is 3. The zero-order valence-electron chi connectivity index (χ0n) is 12.6. The van der Waals surface area contributed by atoms with Gasteiger partial charge in [-0.25, -0.2) is 0 Å². The van der Waals surface area contributed by atoms with Crippen LogP contribution in [0.2, 0.25) is 0 Å². The van der Waals surface area contributed by atoms with Crippen molar-refractivity contribution in [2.24, 2.45) is 0 Å². The lowest BCUT2D eigenvalue weighted by Gasteiger charge is -2.38. The van der Waals surface area contributed by atoms with E-state index in [0.29, 0.717) is 5.75 Å². The highest BCUT2D eigenvalue weighted by Crippen LogP contribution is 2.38. The van der Waals surface area contributed by atoms with Crippen molar-refractivity contribution in [3.05, 3.63) is 35.9 Å². The summed E-state index contributed by atoms with van der Waals surface area (Å²) in [7, 11) is 1.53. The van der Waals surface area contributed by atoms with Gasteiger partial charge in [-0.05, 0) is 23.8 Å². The van der Waals surface area contributed by atoms with Crippen molar-refractivity contribution in [1.82, 2.24) is 4.90 Å². The van der Waals surface area contributed by atoms with Crippen LogP contribution >= 0.6 is 0 Å². The fourth-order valence-electron chi connectivity index (χ4n) is 2.40. The molecule has 1 N–H and O–H groups in total. The molecule has 0 bridgehead atoms. The van der Waals surface area contributed by atoms with E-state index in [1.54, 1.807) is 30.3 Å². The molecule has 1 aromatic carbocycles. The Morgan fingerprint density at radius 1 is 1.35 bits per heavy atom. The molecule has 0 saturated carbocycles. The normalized spacial score (nSPS) is 18.2. The summed E-state index contributed by atoms with van der Waals surface area (Å²) in [5.41, 5.74) is -1.94. The highest BCUT2D eigenvalue weighted by atomic mass is 19.4. The van der Waals surface area contributed by atoms with Gasteiger partial charge < -0.3 is 14.7 Å². The van der Waals surface area contributed by atoms with E-state index in [1.807, 2.05) is 0 Å². The van der Waals surface area contributed by atoms with Gasteiger partial charge in [-0.3, -0.25) is 4.79 Å². The lowest BCUT2D eigenvalue weighted by Crippen LogP contribution is -2.54. The second-order valence-corrected chi connectivity index (χ2v) is 5.46. The molecule has 1 aromatic rings. The molecule has 1 aliphatic heterocycles. The van der Waals surface area contributed by atoms with E-state index in [0.717, 1.165) is 5.56 Å².